The molecular formula is C12H24O5. The molecule has 1 saturated heterocycles. The third kappa shape index (κ3) is 4.19. The second-order valence-electron chi connectivity index (χ2n) is 4.56. The highest BCUT2D eigenvalue weighted by Gasteiger charge is 2.38. The molecule has 0 radical (unpaired) electrons. The van der Waals surface area contributed by atoms with Gasteiger partial charge in [-0.2, -0.15) is 0 Å². The van der Waals surface area contributed by atoms with Crippen molar-refractivity contribution in [2.24, 2.45) is 0 Å². The molecule has 0 aromatic heterocycles. The van der Waals surface area contributed by atoms with Gasteiger partial charge in [0, 0.05) is 0 Å². The van der Waals surface area contributed by atoms with Crippen LogP contribution in [0, 0.1) is 0 Å². The van der Waals surface area contributed by atoms with Gasteiger partial charge >= 0.3 is 0 Å². The Kier molecular flexibility index (Phi) is 6.37. The first kappa shape index (κ1) is 14.9. The number of hydrogen-bond acceptors (Lipinski definition) is 5. The molecule has 5 heteroatoms. The van der Waals surface area contributed by atoms with Gasteiger partial charge in [-0.3, -0.25) is 0 Å². The maximum Gasteiger partial charge on any atom is 0.186 e. The molecule has 1 aliphatic heterocycles. The molecule has 0 aromatic rings. The van der Waals surface area contributed by atoms with Gasteiger partial charge in [0.1, 0.15) is 18.3 Å². The van der Waals surface area contributed by atoms with Crippen molar-refractivity contribution < 1.29 is 24.8 Å². The number of rotatable bonds is 6. The Morgan fingerprint density at radius 1 is 1.24 bits per heavy atom. The first-order valence-corrected chi connectivity index (χ1v) is 6.41. The van der Waals surface area contributed by atoms with E-state index < -0.39 is 24.6 Å². The van der Waals surface area contributed by atoms with Gasteiger partial charge in [-0.05, 0) is 12.8 Å². The van der Waals surface area contributed by atoms with Gasteiger partial charge in [0.05, 0.1) is 12.7 Å². The van der Waals surface area contributed by atoms with Crippen molar-refractivity contribution in [2.45, 2.75) is 70.2 Å². The summed E-state index contributed by atoms with van der Waals surface area (Å²) in [6.45, 7) is 4.12. The zero-order valence-electron chi connectivity index (χ0n) is 10.6. The Bertz CT molecular complexity index is 211. The fourth-order valence-electron chi connectivity index (χ4n) is 1.89. The molecule has 1 aliphatic rings. The fourth-order valence-corrected chi connectivity index (χ4v) is 1.89. The van der Waals surface area contributed by atoms with E-state index >= 15 is 0 Å². The van der Waals surface area contributed by atoms with Gasteiger partial charge in [-0.15, -0.1) is 0 Å². The Morgan fingerprint density at radius 2 is 1.94 bits per heavy atom. The van der Waals surface area contributed by atoms with Crippen molar-refractivity contribution in [1.29, 1.82) is 0 Å². The molecule has 1 rings (SSSR count). The molecule has 1 fully saturated rings. The Hall–Kier alpha value is -0.200. The van der Waals surface area contributed by atoms with Crippen LogP contribution in [0.4, 0.5) is 0 Å². The van der Waals surface area contributed by atoms with E-state index in [1.807, 2.05) is 6.92 Å². The lowest BCUT2D eigenvalue weighted by Crippen LogP contribution is -2.54. The van der Waals surface area contributed by atoms with Crippen molar-refractivity contribution in [3.8, 4) is 0 Å². The molecule has 0 bridgehead atoms. The molecule has 1 unspecified atom stereocenters. The van der Waals surface area contributed by atoms with Crippen LogP contribution in [-0.4, -0.2) is 52.6 Å². The number of aliphatic hydroxyl groups is 3. The van der Waals surface area contributed by atoms with Crippen molar-refractivity contribution in [3.63, 3.8) is 0 Å². The summed E-state index contributed by atoms with van der Waals surface area (Å²) in [6.07, 6.45) is -0.328. The maximum atomic E-state index is 9.72. The van der Waals surface area contributed by atoms with Crippen molar-refractivity contribution >= 4 is 0 Å². The minimum Gasteiger partial charge on any atom is -0.388 e. The zero-order chi connectivity index (χ0) is 12.8. The predicted molar refractivity (Wildman–Crippen MR) is 62.4 cm³/mol. The van der Waals surface area contributed by atoms with Gasteiger partial charge in [0.2, 0.25) is 0 Å². The van der Waals surface area contributed by atoms with E-state index in [1.165, 1.54) is 0 Å². The van der Waals surface area contributed by atoms with Crippen molar-refractivity contribution in [1.82, 2.24) is 0 Å². The topological polar surface area (TPSA) is 79.2 Å². The normalized spacial score (nSPS) is 35.8. The summed E-state index contributed by atoms with van der Waals surface area (Å²) in [5.74, 6) is 0. The van der Waals surface area contributed by atoms with E-state index in [0.717, 1.165) is 25.7 Å². The quantitative estimate of drug-likeness (QED) is 0.634. The van der Waals surface area contributed by atoms with Crippen LogP contribution in [0.5, 0.6) is 0 Å². The third-order valence-electron chi connectivity index (χ3n) is 3.12. The summed E-state index contributed by atoms with van der Waals surface area (Å²) >= 11 is 0. The van der Waals surface area contributed by atoms with E-state index in [9.17, 15) is 15.3 Å². The van der Waals surface area contributed by atoms with E-state index in [-0.39, 0.29) is 12.7 Å². The molecule has 0 aliphatic carbocycles. The van der Waals surface area contributed by atoms with Crippen LogP contribution in [0.25, 0.3) is 0 Å². The summed E-state index contributed by atoms with van der Waals surface area (Å²) in [6, 6.07) is 0. The van der Waals surface area contributed by atoms with Crippen LogP contribution in [-0.2, 0) is 9.47 Å². The number of aliphatic hydroxyl groups excluding tert-OH is 3. The van der Waals surface area contributed by atoms with Crippen molar-refractivity contribution in [3.05, 3.63) is 0 Å². The van der Waals surface area contributed by atoms with Crippen LogP contribution in [0.3, 0.4) is 0 Å². The lowest BCUT2D eigenvalue weighted by Gasteiger charge is -2.36. The van der Waals surface area contributed by atoms with E-state index in [1.54, 1.807) is 0 Å². The average molecular weight is 248 g/mol. The second-order valence-corrected chi connectivity index (χ2v) is 4.56. The third-order valence-corrected chi connectivity index (χ3v) is 3.12. The first-order chi connectivity index (χ1) is 8.10. The molecule has 0 spiro atoms. The van der Waals surface area contributed by atoms with Crippen molar-refractivity contribution in [2.75, 3.05) is 6.61 Å². The molecule has 1 heterocycles. The van der Waals surface area contributed by atoms with Crippen LogP contribution in [0.2, 0.25) is 0 Å². The number of ether oxygens (including phenoxy) is 2. The van der Waals surface area contributed by atoms with E-state index in [0.29, 0.717) is 0 Å². The molecule has 3 N–H and O–H groups in total. The zero-order valence-corrected chi connectivity index (χ0v) is 10.6. The Morgan fingerprint density at radius 3 is 2.53 bits per heavy atom. The lowest BCUT2D eigenvalue weighted by molar-refractivity contribution is -0.283. The van der Waals surface area contributed by atoms with Gasteiger partial charge in [-0.25, -0.2) is 0 Å². The summed E-state index contributed by atoms with van der Waals surface area (Å²) in [4.78, 5) is 0. The summed E-state index contributed by atoms with van der Waals surface area (Å²) in [5, 5.41) is 28.5. The minimum absolute atomic E-state index is 0.00684. The fraction of sp³-hybridized carbons (Fsp3) is 1.00. The Labute approximate surface area is 102 Å². The number of unbranched alkanes of at least 4 members (excludes halogenated alkanes) is 1. The minimum atomic E-state index is -1.20. The highest BCUT2D eigenvalue weighted by Crippen LogP contribution is 2.20. The SMILES string of the molecule is CCCCC(CC)O[C@H]1OC[C@@H](O)[C@H](O)[C@H]1O. The average Bonchev–Trinajstić information content (AvgIpc) is 2.34. The lowest BCUT2D eigenvalue weighted by atomic mass is 10.0. The summed E-state index contributed by atoms with van der Waals surface area (Å²) in [5.41, 5.74) is 0. The van der Waals surface area contributed by atoms with Gasteiger partial charge in [0.15, 0.2) is 6.29 Å². The maximum absolute atomic E-state index is 9.72. The van der Waals surface area contributed by atoms with Gasteiger partial charge in [-0.1, -0.05) is 26.7 Å². The standard InChI is InChI=1S/C12H24O5/c1-3-5-6-8(4-2)17-12-11(15)10(14)9(13)7-16-12/h8-15H,3-7H2,1-2H3/t8?,9-,10+,11-,12-/m1/s1. The van der Waals surface area contributed by atoms with Gasteiger partial charge in [0.25, 0.3) is 0 Å². The number of hydrogen-bond donors (Lipinski definition) is 3. The highest BCUT2D eigenvalue weighted by atomic mass is 16.7. The molecule has 0 aromatic carbocycles. The molecule has 0 saturated carbocycles. The first-order valence-electron chi connectivity index (χ1n) is 6.41. The van der Waals surface area contributed by atoms with E-state index in [2.05, 4.69) is 6.92 Å². The van der Waals surface area contributed by atoms with Gasteiger partial charge < -0.3 is 24.8 Å². The van der Waals surface area contributed by atoms with Crippen LogP contribution < -0.4 is 0 Å². The summed E-state index contributed by atoms with van der Waals surface area (Å²) < 4.78 is 10.8. The monoisotopic (exact) mass is 248 g/mol. The molecule has 102 valence electrons. The molecular weight excluding hydrogens is 224 g/mol. The van der Waals surface area contributed by atoms with Crippen LogP contribution >= 0.6 is 0 Å². The molecule has 5 atom stereocenters. The second kappa shape index (κ2) is 7.28. The summed E-state index contributed by atoms with van der Waals surface area (Å²) in [7, 11) is 0. The van der Waals surface area contributed by atoms with Crippen LogP contribution in [0.15, 0.2) is 0 Å². The molecule has 0 amide bonds. The smallest absolute Gasteiger partial charge is 0.186 e. The predicted octanol–water partition coefficient (Wildman–Crippen LogP) is 0.411. The molecule has 17 heavy (non-hydrogen) atoms. The highest BCUT2D eigenvalue weighted by molar-refractivity contribution is 4.83. The van der Waals surface area contributed by atoms with Crippen LogP contribution in [0.1, 0.15) is 39.5 Å². The van der Waals surface area contributed by atoms with E-state index in [4.69, 9.17) is 9.47 Å². The Balaban J connectivity index is 2.43. The largest absolute Gasteiger partial charge is 0.388 e. The molecule has 5 nitrogen and oxygen atoms in total.